The Kier molecular flexibility index (Phi) is 3.68. The first-order chi connectivity index (χ1) is 11.1. The predicted octanol–water partition coefficient (Wildman–Crippen LogP) is 3.45. The second-order valence-electron chi connectivity index (χ2n) is 4.72. The van der Waals surface area contributed by atoms with Gasteiger partial charge in [-0.25, -0.2) is 4.79 Å². The first-order valence-electron chi connectivity index (χ1n) is 6.71. The van der Waals surface area contributed by atoms with E-state index in [1.165, 1.54) is 7.11 Å². The summed E-state index contributed by atoms with van der Waals surface area (Å²) in [5, 5.41) is 14.7. The third-order valence-corrected chi connectivity index (χ3v) is 3.31. The number of benzene rings is 2. The van der Waals surface area contributed by atoms with Gasteiger partial charge in [-0.2, -0.15) is 0 Å². The summed E-state index contributed by atoms with van der Waals surface area (Å²) in [6, 6.07) is 13.5. The molecule has 1 N–H and O–H groups in total. The molecule has 0 amide bonds. The van der Waals surface area contributed by atoms with Gasteiger partial charge in [0.1, 0.15) is 17.0 Å². The number of hydrogen-bond donors (Lipinski definition) is 1. The van der Waals surface area contributed by atoms with Crippen LogP contribution < -0.4 is 15.7 Å². The van der Waals surface area contributed by atoms with Gasteiger partial charge in [-0.05, 0) is 24.3 Å². The molecule has 3 aromatic rings. The van der Waals surface area contributed by atoms with Crippen molar-refractivity contribution in [2.45, 2.75) is 0 Å². The summed E-state index contributed by atoms with van der Waals surface area (Å²) in [6.45, 7) is 0. The van der Waals surface area contributed by atoms with Gasteiger partial charge in [-0.1, -0.05) is 18.2 Å². The van der Waals surface area contributed by atoms with Crippen LogP contribution in [0.5, 0.6) is 5.75 Å². The maximum Gasteiger partial charge on any atom is 0.417 e. The van der Waals surface area contributed by atoms with E-state index in [1.807, 2.05) is 0 Å². The molecule has 0 bridgehead atoms. The van der Waals surface area contributed by atoms with E-state index in [9.17, 15) is 14.9 Å². The van der Waals surface area contributed by atoms with E-state index in [4.69, 9.17) is 9.15 Å². The molecule has 2 aromatic carbocycles. The van der Waals surface area contributed by atoms with Gasteiger partial charge in [-0.15, -0.1) is 0 Å². The van der Waals surface area contributed by atoms with Gasteiger partial charge in [0.2, 0.25) is 0 Å². The number of nitrogens with zero attached hydrogens (tertiary/aromatic N) is 1. The van der Waals surface area contributed by atoms with Gasteiger partial charge in [0.25, 0.3) is 0 Å². The minimum atomic E-state index is -1.00. The van der Waals surface area contributed by atoms with Crippen LogP contribution >= 0.6 is 0 Å². The van der Waals surface area contributed by atoms with Crippen molar-refractivity contribution in [3.8, 4) is 5.75 Å². The minimum Gasteiger partial charge on any atom is -0.497 e. The lowest BCUT2D eigenvalue weighted by molar-refractivity contribution is -0.386. The van der Waals surface area contributed by atoms with Gasteiger partial charge < -0.3 is 14.5 Å². The van der Waals surface area contributed by atoms with E-state index >= 15 is 0 Å². The first kappa shape index (κ1) is 14.6. The van der Waals surface area contributed by atoms with Crippen LogP contribution in [0.4, 0.5) is 17.1 Å². The zero-order chi connectivity index (χ0) is 16.4. The maximum atomic E-state index is 11.9. The largest absolute Gasteiger partial charge is 0.497 e. The van der Waals surface area contributed by atoms with Crippen molar-refractivity contribution in [3.63, 3.8) is 0 Å². The lowest BCUT2D eigenvalue weighted by Gasteiger charge is -2.10. The van der Waals surface area contributed by atoms with Crippen molar-refractivity contribution < 1.29 is 14.1 Å². The van der Waals surface area contributed by atoms with Crippen molar-refractivity contribution in [2.24, 2.45) is 0 Å². The highest BCUT2D eigenvalue weighted by molar-refractivity contribution is 5.96. The van der Waals surface area contributed by atoms with Crippen LogP contribution in [0.1, 0.15) is 0 Å². The van der Waals surface area contributed by atoms with Crippen LogP contribution in [0.25, 0.3) is 11.0 Å². The highest BCUT2D eigenvalue weighted by atomic mass is 16.6. The number of anilines is 2. The van der Waals surface area contributed by atoms with Crippen molar-refractivity contribution in [1.82, 2.24) is 0 Å². The molecule has 0 aliphatic rings. The quantitative estimate of drug-likeness (QED) is 0.450. The molecule has 1 heterocycles. The molecule has 7 heteroatoms. The molecule has 116 valence electrons. The van der Waals surface area contributed by atoms with Gasteiger partial charge in [0.15, 0.2) is 0 Å². The van der Waals surface area contributed by atoms with Crippen molar-refractivity contribution in [3.05, 3.63) is 69.1 Å². The van der Waals surface area contributed by atoms with Crippen LogP contribution in [0, 0.1) is 10.1 Å². The molecular formula is C16H12N2O5. The van der Waals surface area contributed by atoms with Crippen LogP contribution in [-0.2, 0) is 0 Å². The molecule has 1 aromatic heterocycles. The van der Waals surface area contributed by atoms with E-state index in [2.05, 4.69) is 5.32 Å². The second-order valence-corrected chi connectivity index (χ2v) is 4.72. The summed E-state index contributed by atoms with van der Waals surface area (Å²) in [5.74, 6) is 0.588. The SMILES string of the molecule is COc1cccc(Nc2c([N+](=O)[O-])c(=O)oc3ccccc23)c1. The molecule has 7 nitrogen and oxygen atoms in total. The third kappa shape index (κ3) is 2.71. The average molecular weight is 312 g/mol. The zero-order valence-corrected chi connectivity index (χ0v) is 12.1. The fourth-order valence-electron chi connectivity index (χ4n) is 2.28. The number of hydrogen-bond acceptors (Lipinski definition) is 6. The van der Waals surface area contributed by atoms with E-state index < -0.39 is 16.2 Å². The van der Waals surface area contributed by atoms with Crippen molar-refractivity contribution >= 4 is 28.0 Å². The van der Waals surface area contributed by atoms with Crippen LogP contribution in [0.3, 0.4) is 0 Å². The Balaban J connectivity index is 2.23. The zero-order valence-electron chi connectivity index (χ0n) is 12.1. The van der Waals surface area contributed by atoms with Gasteiger partial charge in [0, 0.05) is 17.1 Å². The molecule has 0 unspecified atom stereocenters. The van der Waals surface area contributed by atoms with E-state index in [0.717, 1.165) is 0 Å². The monoisotopic (exact) mass is 312 g/mol. The normalized spacial score (nSPS) is 10.5. The molecule has 0 saturated heterocycles. The number of methoxy groups -OCH3 is 1. The molecule has 3 rings (SSSR count). The fraction of sp³-hybridized carbons (Fsp3) is 0.0625. The highest BCUT2D eigenvalue weighted by Gasteiger charge is 2.24. The maximum absolute atomic E-state index is 11.9. The van der Waals surface area contributed by atoms with Crippen LogP contribution in [-0.4, -0.2) is 12.0 Å². The average Bonchev–Trinajstić information content (AvgIpc) is 2.54. The Morgan fingerprint density at radius 2 is 1.96 bits per heavy atom. The summed E-state index contributed by atoms with van der Waals surface area (Å²) in [4.78, 5) is 22.5. The Morgan fingerprint density at radius 1 is 1.17 bits per heavy atom. The topological polar surface area (TPSA) is 94.6 Å². The molecule has 23 heavy (non-hydrogen) atoms. The molecule has 0 aliphatic heterocycles. The lowest BCUT2D eigenvalue weighted by Crippen LogP contribution is -2.10. The first-order valence-corrected chi connectivity index (χ1v) is 6.71. The molecule has 0 fully saturated rings. The smallest absolute Gasteiger partial charge is 0.417 e. The van der Waals surface area contributed by atoms with Crippen LogP contribution in [0.15, 0.2) is 57.7 Å². The molecule has 0 spiro atoms. The molecule has 0 radical (unpaired) electrons. The second kappa shape index (κ2) is 5.80. The summed E-state index contributed by atoms with van der Waals surface area (Å²) >= 11 is 0. The number of fused-ring (bicyclic) bond motifs is 1. The van der Waals surface area contributed by atoms with E-state index in [0.29, 0.717) is 16.8 Å². The Labute approximate surface area is 130 Å². The van der Waals surface area contributed by atoms with Crippen molar-refractivity contribution in [2.75, 3.05) is 12.4 Å². The predicted molar refractivity (Wildman–Crippen MR) is 85.4 cm³/mol. The molecular weight excluding hydrogens is 300 g/mol. The summed E-state index contributed by atoms with van der Waals surface area (Å²) in [5.41, 5.74) is -0.711. The number of nitrogens with one attached hydrogen (secondary N) is 1. The molecule has 0 atom stereocenters. The Hall–Kier alpha value is -3.35. The van der Waals surface area contributed by atoms with E-state index in [1.54, 1.807) is 48.5 Å². The number of para-hydroxylation sites is 1. The number of nitro groups is 1. The Bertz CT molecular complexity index is 949. The number of rotatable bonds is 4. The van der Waals surface area contributed by atoms with Gasteiger partial charge in [0.05, 0.1) is 12.0 Å². The molecule has 0 saturated carbocycles. The lowest BCUT2D eigenvalue weighted by atomic mass is 10.1. The van der Waals surface area contributed by atoms with Gasteiger partial charge >= 0.3 is 11.3 Å². The fourth-order valence-corrected chi connectivity index (χ4v) is 2.28. The van der Waals surface area contributed by atoms with Crippen LogP contribution in [0.2, 0.25) is 0 Å². The minimum absolute atomic E-state index is 0.0927. The molecule has 0 aliphatic carbocycles. The summed E-state index contributed by atoms with van der Waals surface area (Å²) in [7, 11) is 1.52. The third-order valence-electron chi connectivity index (χ3n) is 3.31. The number of ether oxygens (including phenoxy) is 1. The Morgan fingerprint density at radius 3 is 2.70 bits per heavy atom. The summed E-state index contributed by atoms with van der Waals surface area (Å²) < 4.78 is 10.1. The summed E-state index contributed by atoms with van der Waals surface area (Å²) in [6.07, 6.45) is 0. The van der Waals surface area contributed by atoms with Crippen molar-refractivity contribution in [1.29, 1.82) is 0 Å². The standard InChI is InChI=1S/C16H12N2O5/c1-22-11-6-4-5-10(9-11)17-14-12-7-2-3-8-13(12)23-16(19)15(14)18(20)21/h2-9,17H,1H3. The van der Waals surface area contributed by atoms with Gasteiger partial charge in [-0.3, -0.25) is 10.1 Å². The van der Waals surface area contributed by atoms with E-state index in [-0.39, 0.29) is 11.3 Å². The highest BCUT2D eigenvalue weighted by Crippen LogP contribution is 2.33.